The molecule has 0 unspecified atom stereocenters. The maximum absolute atomic E-state index is 13.0. The van der Waals surface area contributed by atoms with Crippen molar-refractivity contribution in [3.05, 3.63) is 59.4 Å². The van der Waals surface area contributed by atoms with E-state index in [2.05, 4.69) is 17.2 Å². The molecule has 0 aliphatic carbocycles. The van der Waals surface area contributed by atoms with Crippen molar-refractivity contribution in [3.63, 3.8) is 0 Å². The van der Waals surface area contributed by atoms with Crippen LogP contribution < -0.4 is 10.1 Å². The number of carboxylic acid groups (broad SMARTS) is 1. The van der Waals surface area contributed by atoms with Gasteiger partial charge in [0.1, 0.15) is 5.75 Å². The molecule has 7 heteroatoms. The lowest BCUT2D eigenvalue weighted by Gasteiger charge is -2.37. The highest BCUT2D eigenvalue weighted by atomic mass is 16.5. The van der Waals surface area contributed by atoms with Crippen LogP contribution in [0.4, 0.5) is 0 Å². The van der Waals surface area contributed by atoms with Crippen LogP contribution in [0.2, 0.25) is 0 Å². The number of amides is 1. The number of benzene rings is 1. The van der Waals surface area contributed by atoms with Crippen LogP contribution in [0.5, 0.6) is 5.75 Å². The number of pyridine rings is 1. The second kappa shape index (κ2) is 9.52. The molecule has 0 radical (unpaired) electrons. The molecule has 3 rings (SSSR count). The van der Waals surface area contributed by atoms with Gasteiger partial charge in [0.05, 0.1) is 30.3 Å². The molecule has 1 aliphatic heterocycles. The molecule has 1 fully saturated rings. The number of methoxy groups -OCH3 is 1. The van der Waals surface area contributed by atoms with Crippen LogP contribution in [0.15, 0.2) is 42.6 Å². The number of carboxylic acids is 1. The van der Waals surface area contributed by atoms with Gasteiger partial charge in [0.15, 0.2) is 0 Å². The molecule has 0 spiro atoms. The Morgan fingerprint density at radius 2 is 2.10 bits per heavy atom. The lowest BCUT2D eigenvalue weighted by molar-refractivity contribution is -0.140. The summed E-state index contributed by atoms with van der Waals surface area (Å²) in [6, 6.07) is 10.9. The van der Waals surface area contributed by atoms with Crippen molar-refractivity contribution in [3.8, 4) is 5.75 Å². The highest BCUT2D eigenvalue weighted by Gasteiger charge is 2.31. The molecule has 2 N–H and O–H groups in total. The standard InChI is InChI=1S/C22H27N3O4/c1-15(16-5-7-20(29-2)8-6-16)25-11-3-4-18(21(25)26)13-23-14-19-12-17(22(27)28)9-10-24-19/h5-10,12,15,18,23H,3-4,11,13-14H2,1-2H3,(H,27,28)/t15-,18-/m1/s1. The van der Waals surface area contributed by atoms with Gasteiger partial charge in [-0.2, -0.15) is 0 Å². The predicted octanol–water partition coefficient (Wildman–Crippen LogP) is 2.88. The Morgan fingerprint density at radius 1 is 1.34 bits per heavy atom. The van der Waals surface area contributed by atoms with E-state index in [-0.39, 0.29) is 23.4 Å². The van der Waals surface area contributed by atoms with Crippen LogP contribution in [-0.2, 0) is 11.3 Å². The number of nitrogens with zero attached hydrogens (tertiary/aromatic N) is 2. The van der Waals surface area contributed by atoms with Crippen molar-refractivity contribution in [2.75, 3.05) is 20.2 Å². The molecule has 29 heavy (non-hydrogen) atoms. The summed E-state index contributed by atoms with van der Waals surface area (Å²) in [6.07, 6.45) is 3.30. The molecule has 1 aromatic carbocycles. The van der Waals surface area contributed by atoms with Crippen LogP contribution in [0.25, 0.3) is 0 Å². The van der Waals surface area contributed by atoms with E-state index in [1.165, 1.54) is 12.3 Å². The first-order chi connectivity index (χ1) is 14.0. The Bertz CT molecular complexity index is 853. The fourth-order valence-electron chi connectivity index (χ4n) is 3.69. The molecule has 1 aromatic heterocycles. The number of piperidine rings is 1. The van der Waals surface area contributed by atoms with Gasteiger partial charge in [-0.15, -0.1) is 0 Å². The minimum Gasteiger partial charge on any atom is -0.497 e. The van der Waals surface area contributed by atoms with Crippen molar-refractivity contribution < 1.29 is 19.4 Å². The maximum Gasteiger partial charge on any atom is 0.335 e. The number of carbonyl (C=O) groups is 2. The Labute approximate surface area is 170 Å². The lowest BCUT2D eigenvalue weighted by atomic mass is 9.94. The van der Waals surface area contributed by atoms with Crippen LogP contribution >= 0.6 is 0 Å². The maximum atomic E-state index is 13.0. The lowest BCUT2D eigenvalue weighted by Crippen LogP contribution is -2.45. The van der Waals surface area contributed by atoms with E-state index in [0.717, 1.165) is 30.7 Å². The summed E-state index contributed by atoms with van der Waals surface area (Å²) < 4.78 is 5.21. The summed E-state index contributed by atoms with van der Waals surface area (Å²) in [5.74, 6) is -0.112. The van der Waals surface area contributed by atoms with E-state index in [1.807, 2.05) is 29.2 Å². The van der Waals surface area contributed by atoms with E-state index in [9.17, 15) is 9.59 Å². The van der Waals surface area contributed by atoms with Crippen molar-refractivity contribution in [2.45, 2.75) is 32.4 Å². The van der Waals surface area contributed by atoms with Crippen LogP contribution in [0.1, 0.15) is 47.4 Å². The van der Waals surface area contributed by atoms with Crippen LogP contribution in [0.3, 0.4) is 0 Å². The Hall–Kier alpha value is -2.93. The third kappa shape index (κ3) is 5.12. The van der Waals surface area contributed by atoms with Gasteiger partial charge >= 0.3 is 5.97 Å². The van der Waals surface area contributed by atoms with Gasteiger partial charge in [0.25, 0.3) is 0 Å². The van der Waals surface area contributed by atoms with E-state index in [0.29, 0.717) is 18.8 Å². The van der Waals surface area contributed by atoms with Crippen molar-refractivity contribution in [1.82, 2.24) is 15.2 Å². The smallest absolute Gasteiger partial charge is 0.335 e. The third-order valence-corrected chi connectivity index (χ3v) is 5.41. The monoisotopic (exact) mass is 397 g/mol. The summed E-state index contributed by atoms with van der Waals surface area (Å²) in [5.41, 5.74) is 1.95. The van der Waals surface area contributed by atoms with Gasteiger partial charge < -0.3 is 20.1 Å². The molecule has 2 atom stereocenters. The summed E-state index contributed by atoms with van der Waals surface area (Å²) in [5, 5.41) is 12.3. The average molecular weight is 397 g/mol. The zero-order chi connectivity index (χ0) is 20.8. The summed E-state index contributed by atoms with van der Waals surface area (Å²) >= 11 is 0. The van der Waals surface area contributed by atoms with Crippen molar-refractivity contribution >= 4 is 11.9 Å². The average Bonchev–Trinajstić information content (AvgIpc) is 2.75. The number of rotatable bonds is 8. The Balaban J connectivity index is 1.57. The van der Waals surface area contributed by atoms with Gasteiger partial charge in [0.2, 0.25) is 5.91 Å². The molecule has 1 aliphatic rings. The zero-order valence-electron chi connectivity index (χ0n) is 16.8. The van der Waals surface area contributed by atoms with Crippen molar-refractivity contribution in [1.29, 1.82) is 0 Å². The highest BCUT2D eigenvalue weighted by molar-refractivity contribution is 5.87. The number of likely N-dealkylation sites (tertiary alicyclic amines) is 1. The van der Waals surface area contributed by atoms with Gasteiger partial charge in [-0.1, -0.05) is 12.1 Å². The van der Waals surface area contributed by atoms with Crippen LogP contribution in [0, 0.1) is 5.92 Å². The number of aromatic nitrogens is 1. The second-order valence-electron chi connectivity index (χ2n) is 7.29. The van der Waals surface area contributed by atoms with Gasteiger partial charge in [0, 0.05) is 25.8 Å². The second-order valence-corrected chi connectivity index (χ2v) is 7.29. The van der Waals surface area contributed by atoms with E-state index >= 15 is 0 Å². The molecule has 2 aromatic rings. The number of ether oxygens (including phenoxy) is 1. The van der Waals surface area contributed by atoms with E-state index < -0.39 is 5.97 Å². The van der Waals surface area contributed by atoms with Gasteiger partial charge in [-0.05, 0) is 49.6 Å². The number of aromatic carboxylic acids is 1. The fourth-order valence-corrected chi connectivity index (χ4v) is 3.69. The first-order valence-corrected chi connectivity index (χ1v) is 9.83. The molecule has 1 saturated heterocycles. The van der Waals surface area contributed by atoms with Crippen LogP contribution in [-0.4, -0.2) is 47.1 Å². The molecule has 154 valence electrons. The molecule has 1 amide bonds. The molecular formula is C22H27N3O4. The van der Waals surface area contributed by atoms with Gasteiger partial charge in [-0.3, -0.25) is 9.78 Å². The first kappa shape index (κ1) is 20.8. The number of nitrogens with one attached hydrogen (secondary N) is 1. The highest BCUT2D eigenvalue weighted by Crippen LogP contribution is 2.28. The predicted molar refractivity (Wildman–Crippen MR) is 109 cm³/mol. The number of hydrogen-bond acceptors (Lipinski definition) is 5. The fraction of sp³-hybridized carbons (Fsp3) is 0.409. The topological polar surface area (TPSA) is 91.8 Å². The summed E-state index contributed by atoms with van der Waals surface area (Å²) in [7, 11) is 1.64. The minimum atomic E-state index is -0.973. The first-order valence-electron chi connectivity index (χ1n) is 9.83. The molecule has 0 bridgehead atoms. The normalized spacial score (nSPS) is 17.8. The Morgan fingerprint density at radius 3 is 2.79 bits per heavy atom. The minimum absolute atomic E-state index is 0.00474. The van der Waals surface area contributed by atoms with E-state index in [4.69, 9.17) is 9.84 Å². The zero-order valence-corrected chi connectivity index (χ0v) is 16.8. The van der Waals surface area contributed by atoms with Gasteiger partial charge in [-0.25, -0.2) is 4.79 Å². The number of hydrogen-bond donors (Lipinski definition) is 2. The number of carbonyl (C=O) groups excluding carboxylic acids is 1. The van der Waals surface area contributed by atoms with E-state index in [1.54, 1.807) is 13.2 Å². The summed E-state index contributed by atoms with van der Waals surface area (Å²) in [6.45, 7) is 3.78. The summed E-state index contributed by atoms with van der Waals surface area (Å²) in [4.78, 5) is 30.2. The molecular weight excluding hydrogens is 370 g/mol. The van der Waals surface area contributed by atoms with Crippen molar-refractivity contribution in [2.24, 2.45) is 5.92 Å². The molecule has 0 saturated carbocycles. The third-order valence-electron chi connectivity index (χ3n) is 5.41. The SMILES string of the molecule is COc1ccc([C@@H](C)N2CCC[C@H](CNCc3cc(C(=O)O)ccn3)C2=O)cc1. The Kier molecular flexibility index (Phi) is 6.82. The molecule has 2 heterocycles. The quantitative estimate of drug-likeness (QED) is 0.712. The largest absolute Gasteiger partial charge is 0.497 e. The molecule has 7 nitrogen and oxygen atoms in total.